The minimum Gasteiger partial charge on any atom is -0.462 e. The summed E-state index contributed by atoms with van der Waals surface area (Å²) in [4.78, 5) is 16.5. The second-order valence-corrected chi connectivity index (χ2v) is 5.09. The minimum absolute atomic E-state index is 0.299. The van der Waals surface area contributed by atoms with Crippen molar-refractivity contribution >= 4 is 32.8 Å². The summed E-state index contributed by atoms with van der Waals surface area (Å²) in [6.07, 6.45) is 0. The molecule has 1 heterocycles. The molecule has 1 aromatic heterocycles. The van der Waals surface area contributed by atoms with E-state index < -0.39 is 0 Å². The van der Waals surface area contributed by atoms with E-state index in [1.54, 1.807) is 13.0 Å². The monoisotopic (exact) mass is 337 g/mol. The van der Waals surface area contributed by atoms with Crippen LogP contribution in [0.3, 0.4) is 0 Å². The number of esters is 1. The van der Waals surface area contributed by atoms with Gasteiger partial charge >= 0.3 is 5.97 Å². The number of halogens is 1. The van der Waals surface area contributed by atoms with Gasteiger partial charge in [0.15, 0.2) is 0 Å². The number of hydrogen-bond donors (Lipinski definition) is 0. The molecular formula is C15H16BrNO3. The largest absolute Gasteiger partial charge is 0.462 e. The van der Waals surface area contributed by atoms with Crippen LogP contribution >= 0.6 is 15.9 Å². The van der Waals surface area contributed by atoms with Crippen LogP contribution in [0.1, 0.15) is 29.9 Å². The van der Waals surface area contributed by atoms with Crippen LogP contribution in [0.2, 0.25) is 0 Å². The fraction of sp³-hybridized carbons (Fsp3) is 0.333. The van der Waals surface area contributed by atoms with Gasteiger partial charge in [0.05, 0.1) is 30.0 Å². The average Bonchev–Trinajstić information content (AvgIpc) is 2.44. The first-order valence-corrected chi connectivity index (χ1v) is 7.29. The second kappa shape index (κ2) is 6.81. The Hall–Kier alpha value is -1.46. The Morgan fingerprint density at radius 1 is 1.25 bits per heavy atom. The highest BCUT2D eigenvalue weighted by atomic mass is 79.9. The van der Waals surface area contributed by atoms with Crippen molar-refractivity contribution in [3.63, 3.8) is 0 Å². The standard InChI is InChI=1S/C15H16BrNO3/c1-3-19-9-14-12(15(18)20-4-2)7-10-5-6-11(16)8-13(10)17-14/h5-8H,3-4,9H2,1-2H3. The minimum atomic E-state index is -0.362. The van der Waals surface area contributed by atoms with E-state index >= 15 is 0 Å². The van der Waals surface area contributed by atoms with Crippen LogP contribution in [-0.2, 0) is 16.1 Å². The third kappa shape index (κ3) is 3.35. The molecule has 0 unspecified atom stereocenters. The van der Waals surface area contributed by atoms with E-state index in [0.717, 1.165) is 15.4 Å². The summed E-state index contributed by atoms with van der Waals surface area (Å²) in [5.74, 6) is -0.362. The summed E-state index contributed by atoms with van der Waals surface area (Å²) in [6, 6.07) is 7.56. The van der Waals surface area contributed by atoms with E-state index in [0.29, 0.717) is 31.1 Å². The molecule has 0 fully saturated rings. The molecule has 0 aliphatic carbocycles. The molecule has 0 aliphatic rings. The SMILES string of the molecule is CCOCc1nc2cc(Br)ccc2cc1C(=O)OCC. The molecule has 0 N–H and O–H groups in total. The number of fused-ring (bicyclic) bond motifs is 1. The summed E-state index contributed by atoms with van der Waals surface area (Å²) in [7, 11) is 0. The lowest BCUT2D eigenvalue weighted by atomic mass is 10.1. The van der Waals surface area contributed by atoms with Crippen molar-refractivity contribution in [2.75, 3.05) is 13.2 Å². The van der Waals surface area contributed by atoms with Crippen molar-refractivity contribution in [1.29, 1.82) is 0 Å². The van der Waals surface area contributed by atoms with Gasteiger partial charge in [-0.1, -0.05) is 22.0 Å². The summed E-state index contributed by atoms with van der Waals surface area (Å²) < 4.78 is 11.4. The zero-order valence-corrected chi connectivity index (χ0v) is 13.1. The van der Waals surface area contributed by atoms with E-state index in [-0.39, 0.29) is 5.97 Å². The molecule has 0 aliphatic heterocycles. The van der Waals surface area contributed by atoms with Gasteiger partial charge in [0.1, 0.15) is 0 Å². The first-order chi connectivity index (χ1) is 9.65. The Labute approximate surface area is 126 Å². The maximum Gasteiger partial charge on any atom is 0.340 e. The van der Waals surface area contributed by atoms with E-state index in [4.69, 9.17) is 9.47 Å². The number of carbonyl (C=O) groups excluding carboxylic acids is 1. The van der Waals surface area contributed by atoms with Crippen molar-refractivity contribution in [2.45, 2.75) is 20.5 Å². The second-order valence-electron chi connectivity index (χ2n) is 4.18. The van der Waals surface area contributed by atoms with Crippen LogP contribution in [0.15, 0.2) is 28.7 Å². The van der Waals surface area contributed by atoms with E-state index in [1.807, 2.05) is 25.1 Å². The molecular weight excluding hydrogens is 322 g/mol. The van der Waals surface area contributed by atoms with Crippen LogP contribution < -0.4 is 0 Å². The smallest absolute Gasteiger partial charge is 0.340 e. The van der Waals surface area contributed by atoms with Crippen LogP contribution in [0.5, 0.6) is 0 Å². The lowest BCUT2D eigenvalue weighted by molar-refractivity contribution is 0.0518. The normalized spacial score (nSPS) is 10.8. The average molecular weight is 338 g/mol. The maximum atomic E-state index is 12.0. The molecule has 4 nitrogen and oxygen atoms in total. The number of aromatic nitrogens is 1. The quantitative estimate of drug-likeness (QED) is 0.780. The number of pyridine rings is 1. The number of ether oxygens (including phenoxy) is 2. The van der Waals surface area contributed by atoms with Gasteiger partial charge in [-0.15, -0.1) is 0 Å². The highest BCUT2D eigenvalue weighted by molar-refractivity contribution is 9.10. The molecule has 106 valence electrons. The zero-order chi connectivity index (χ0) is 14.5. The van der Waals surface area contributed by atoms with Gasteiger partial charge < -0.3 is 9.47 Å². The van der Waals surface area contributed by atoms with Gasteiger partial charge in [-0.2, -0.15) is 0 Å². The molecule has 2 aromatic rings. The van der Waals surface area contributed by atoms with Gasteiger partial charge in [-0.25, -0.2) is 9.78 Å². The molecule has 20 heavy (non-hydrogen) atoms. The summed E-state index contributed by atoms with van der Waals surface area (Å²) in [5, 5.41) is 0.900. The van der Waals surface area contributed by atoms with Crippen molar-refractivity contribution in [2.24, 2.45) is 0 Å². The molecule has 1 aromatic carbocycles. The van der Waals surface area contributed by atoms with Gasteiger partial charge in [0, 0.05) is 16.5 Å². The predicted molar refractivity (Wildman–Crippen MR) is 80.7 cm³/mol. The van der Waals surface area contributed by atoms with Crippen molar-refractivity contribution in [3.05, 3.63) is 40.0 Å². The first kappa shape index (κ1) is 14.9. The van der Waals surface area contributed by atoms with Gasteiger partial charge in [-0.3, -0.25) is 0 Å². The third-order valence-electron chi connectivity index (χ3n) is 2.80. The maximum absolute atomic E-state index is 12.0. The molecule has 0 radical (unpaired) electrons. The summed E-state index contributed by atoms with van der Waals surface area (Å²) in [5.41, 5.74) is 1.90. The lowest BCUT2D eigenvalue weighted by Crippen LogP contribution is -2.11. The fourth-order valence-corrected chi connectivity index (χ4v) is 2.22. The number of hydrogen-bond acceptors (Lipinski definition) is 4. The highest BCUT2D eigenvalue weighted by Crippen LogP contribution is 2.22. The van der Waals surface area contributed by atoms with E-state index in [1.165, 1.54) is 0 Å². The van der Waals surface area contributed by atoms with Crippen LogP contribution in [0, 0.1) is 0 Å². The Morgan fingerprint density at radius 3 is 2.75 bits per heavy atom. The van der Waals surface area contributed by atoms with Gasteiger partial charge in [0.25, 0.3) is 0 Å². The Bertz CT molecular complexity index is 628. The Morgan fingerprint density at radius 2 is 2.05 bits per heavy atom. The molecule has 0 bridgehead atoms. The summed E-state index contributed by atoms with van der Waals surface area (Å²) in [6.45, 7) is 4.90. The molecule has 5 heteroatoms. The topological polar surface area (TPSA) is 48.4 Å². The molecule has 0 amide bonds. The van der Waals surface area contributed by atoms with Crippen molar-refractivity contribution in [1.82, 2.24) is 4.98 Å². The Kier molecular flexibility index (Phi) is 5.09. The Balaban J connectivity index is 2.51. The first-order valence-electron chi connectivity index (χ1n) is 6.49. The van der Waals surface area contributed by atoms with Gasteiger partial charge in [0.2, 0.25) is 0 Å². The predicted octanol–water partition coefficient (Wildman–Crippen LogP) is 3.71. The molecule has 0 spiro atoms. The molecule has 0 saturated carbocycles. The van der Waals surface area contributed by atoms with Gasteiger partial charge in [-0.05, 0) is 32.0 Å². The number of nitrogens with zero attached hydrogens (tertiary/aromatic N) is 1. The van der Waals surface area contributed by atoms with Crippen molar-refractivity contribution in [3.8, 4) is 0 Å². The molecule has 2 rings (SSSR count). The van der Waals surface area contributed by atoms with Crippen LogP contribution in [0.4, 0.5) is 0 Å². The number of carbonyl (C=O) groups is 1. The highest BCUT2D eigenvalue weighted by Gasteiger charge is 2.15. The molecule has 0 atom stereocenters. The fourth-order valence-electron chi connectivity index (χ4n) is 1.87. The number of rotatable bonds is 5. The van der Waals surface area contributed by atoms with Crippen LogP contribution in [-0.4, -0.2) is 24.2 Å². The van der Waals surface area contributed by atoms with E-state index in [9.17, 15) is 4.79 Å². The number of benzene rings is 1. The molecule has 0 saturated heterocycles. The third-order valence-corrected chi connectivity index (χ3v) is 3.29. The summed E-state index contributed by atoms with van der Waals surface area (Å²) >= 11 is 3.42. The lowest BCUT2D eigenvalue weighted by Gasteiger charge is -2.10. The van der Waals surface area contributed by atoms with Crippen molar-refractivity contribution < 1.29 is 14.3 Å². The van der Waals surface area contributed by atoms with Crippen LogP contribution in [0.25, 0.3) is 10.9 Å². The zero-order valence-electron chi connectivity index (χ0n) is 11.5. The van der Waals surface area contributed by atoms with E-state index in [2.05, 4.69) is 20.9 Å².